The van der Waals surface area contributed by atoms with Gasteiger partial charge < -0.3 is 5.11 Å². The Labute approximate surface area is 134 Å². The van der Waals surface area contributed by atoms with E-state index in [1.807, 2.05) is 23.6 Å². The van der Waals surface area contributed by atoms with E-state index in [1.165, 1.54) is 22.7 Å². The molecule has 0 unspecified atom stereocenters. The first-order valence-electron chi connectivity index (χ1n) is 6.87. The van der Waals surface area contributed by atoms with Crippen LogP contribution in [0.2, 0.25) is 0 Å². The zero-order chi connectivity index (χ0) is 16.0. The highest BCUT2D eigenvalue weighted by molar-refractivity contribution is 7.13. The summed E-state index contributed by atoms with van der Waals surface area (Å²) in [4.78, 5) is 29.5. The van der Waals surface area contributed by atoms with Gasteiger partial charge >= 0.3 is 5.97 Å². The van der Waals surface area contributed by atoms with Gasteiger partial charge in [0.05, 0.1) is 10.9 Å². The maximum atomic E-state index is 12.7. The highest BCUT2D eigenvalue weighted by atomic mass is 32.1. The van der Waals surface area contributed by atoms with Crippen molar-refractivity contribution in [3.63, 3.8) is 0 Å². The van der Waals surface area contributed by atoms with Gasteiger partial charge in [0.15, 0.2) is 5.65 Å². The van der Waals surface area contributed by atoms with E-state index in [-0.39, 0.29) is 16.8 Å². The Hall–Kier alpha value is -2.99. The van der Waals surface area contributed by atoms with Crippen molar-refractivity contribution in [2.45, 2.75) is 0 Å². The summed E-state index contributed by atoms with van der Waals surface area (Å²) >= 11 is 1.59. The van der Waals surface area contributed by atoms with Crippen molar-refractivity contribution in [1.82, 2.24) is 9.38 Å². The van der Waals surface area contributed by atoms with Gasteiger partial charge in [-0.3, -0.25) is 9.20 Å². The van der Waals surface area contributed by atoms with E-state index in [0.717, 1.165) is 10.4 Å². The van der Waals surface area contributed by atoms with Crippen LogP contribution in [0.15, 0.2) is 58.8 Å². The van der Waals surface area contributed by atoms with Crippen LogP contribution in [0, 0.1) is 0 Å². The summed E-state index contributed by atoms with van der Waals surface area (Å²) < 4.78 is 1.28. The first-order chi connectivity index (χ1) is 11.1. The smallest absolute Gasteiger partial charge is 0.339 e. The van der Waals surface area contributed by atoms with Crippen molar-refractivity contribution < 1.29 is 9.90 Å². The van der Waals surface area contributed by atoms with E-state index in [0.29, 0.717) is 10.9 Å². The molecule has 0 amide bonds. The standard InChI is InChI=1S/C17H10N2O3S/c20-16-12-9-10(14-4-2-8-23-14)5-6-13(12)18-15-11(17(21)22)3-1-7-19(15)16/h1-9H,(H,21,22). The predicted octanol–water partition coefficient (Wildman–Crippen LogP) is 3.27. The third-order valence-electron chi connectivity index (χ3n) is 3.68. The van der Waals surface area contributed by atoms with Crippen molar-refractivity contribution in [3.05, 3.63) is 70.0 Å². The molecule has 0 saturated carbocycles. The molecule has 0 atom stereocenters. The van der Waals surface area contributed by atoms with E-state index >= 15 is 0 Å². The van der Waals surface area contributed by atoms with Gasteiger partial charge in [-0.15, -0.1) is 11.3 Å². The summed E-state index contributed by atoms with van der Waals surface area (Å²) in [5.74, 6) is -1.11. The highest BCUT2D eigenvalue weighted by Crippen LogP contribution is 2.26. The van der Waals surface area contributed by atoms with Crippen LogP contribution in [0.4, 0.5) is 0 Å². The zero-order valence-electron chi connectivity index (χ0n) is 11.8. The third-order valence-corrected chi connectivity index (χ3v) is 4.59. The summed E-state index contributed by atoms with van der Waals surface area (Å²) in [6.45, 7) is 0. The Kier molecular flexibility index (Phi) is 2.99. The topological polar surface area (TPSA) is 71.7 Å². The Morgan fingerprint density at radius 2 is 2.04 bits per heavy atom. The van der Waals surface area contributed by atoms with Crippen LogP contribution in [0.1, 0.15) is 10.4 Å². The largest absolute Gasteiger partial charge is 0.478 e. The maximum Gasteiger partial charge on any atom is 0.339 e. The Balaban J connectivity index is 2.09. The number of carbonyl (C=O) groups is 1. The summed E-state index contributed by atoms with van der Waals surface area (Å²) in [5, 5.41) is 11.7. The molecule has 0 aliphatic heterocycles. The zero-order valence-corrected chi connectivity index (χ0v) is 12.6. The van der Waals surface area contributed by atoms with Crippen LogP contribution < -0.4 is 5.56 Å². The molecule has 5 nitrogen and oxygen atoms in total. The molecule has 6 heteroatoms. The fourth-order valence-electron chi connectivity index (χ4n) is 2.59. The summed E-state index contributed by atoms with van der Waals surface area (Å²) in [7, 11) is 0. The third kappa shape index (κ3) is 2.11. The molecule has 4 rings (SSSR count). The number of rotatable bonds is 2. The van der Waals surface area contributed by atoms with Gasteiger partial charge in [0.1, 0.15) is 5.56 Å². The van der Waals surface area contributed by atoms with Gasteiger partial charge in [-0.25, -0.2) is 9.78 Å². The second-order valence-electron chi connectivity index (χ2n) is 5.05. The summed E-state index contributed by atoms with van der Waals surface area (Å²) in [6, 6.07) is 12.4. The number of hydrogen-bond donors (Lipinski definition) is 1. The Bertz CT molecular complexity index is 1110. The summed E-state index contributed by atoms with van der Waals surface area (Å²) in [6.07, 6.45) is 1.54. The maximum absolute atomic E-state index is 12.7. The molecule has 0 bridgehead atoms. The average molecular weight is 322 g/mol. The Morgan fingerprint density at radius 1 is 1.17 bits per heavy atom. The molecule has 1 N–H and O–H groups in total. The molecular weight excluding hydrogens is 312 g/mol. The van der Waals surface area contributed by atoms with E-state index < -0.39 is 5.97 Å². The number of fused-ring (bicyclic) bond motifs is 2. The molecule has 4 aromatic rings. The van der Waals surface area contributed by atoms with Crippen LogP contribution >= 0.6 is 11.3 Å². The number of carboxylic acid groups (broad SMARTS) is 1. The van der Waals surface area contributed by atoms with Crippen LogP contribution in [0.3, 0.4) is 0 Å². The lowest BCUT2D eigenvalue weighted by molar-refractivity contribution is 0.0698. The van der Waals surface area contributed by atoms with E-state index in [2.05, 4.69) is 4.98 Å². The number of thiophene rings is 1. The first kappa shape index (κ1) is 13.7. The fourth-order valence-corrected chi connectivity index (χ4v) is 3.31. The molecular formula is C17H10N2O3S. The summed E-state index contributed by atoms with van der Waals surface area (Å²) in [5.41, 5.74) is 1.33. The number of pyridine rings is 1. The van der Waals surface area contributed by atoms with Crippen LogP contribution in [-0.2, 0) is 0 Å². The number of carboxylic acids is 1. The van der Waals surface area contributed by atoms with E-state index in [9.17, 15) is 14.7 Å². The van der Waals surface area contributed by atoms with Crippen molar-refractivity contribution in [1.29, 1.82) is 0 Å². The van der Waals surface area contributed by atoms with E-state index in [4.69, 9.17) is 0 Å². The highest BCUT2D eigenvalue weighted by Gasteiger charge is 2.13. The minimum Gasteiger partial charge on any atom is -0.478 e. The fraction of sp³-hybridized carbons (Fsp3) is 0. The van der Waals surface area contributed by atoms with E-state index in [1.54, 1.807) is 23.5 Å². The molecule has 0 aliphatic rings. The minimum absolute atomic E-state index is 0.00818. The lowest BCUT2D eigenvalue weighted by Crippen LogP contribution is -2.17. The molecule has 1 aromatic carbocycles. The molecule has 23 heavy (non-hydrogen) atoms. The average Bonchev–Trinajstić information content (AvgIpc) is 3.09. The monoisotopic (exact) mass is 322 g/mol. The van der Waals surface area contributed by atoms with Gasteiger partial charge in [-0.2, -0.15) is 0 Å². The van der Waals surface area contributed by atoms with Crippen LogP contribution in [0.5, 0.6) is 0 Å². The SMILES string of the molecule is O=C(O)c1cccn2c(=O)c3cc(-c4cccs4)ccc3nc12. The molecule has 0 fully saturated rings. The number of hydrogen-bond acceptors (Lipinski definition) is 4. The van der Waals surface area contributed by atoms with Crippen molar-refractivity contribution >= 4 is 33.9 Å². The molecule has 0 radical (unpaired) electrons. The van der Waals surface area contributed by atoms with Gasteiger partial charge in [-0.1, -0.05) is 12.1 Å². The number of benzene rings is 1. The van der Waals surface area contributed by atoms with Gasteiger partial charge in [0, 0.05) is 11.1 Å². The van der Waals surface area contributed by atoms with Gasteiger partial charge in [0.2, 0.25) is 0 Å². The molecule has 3 heterocycles. The van der Waals surface area contributed by atoms with Crippen molar-refractivity contribution in [2.75, 3.05) is 0 Å². The Morgan fingerprint density at radius 3 is 2.78 bits per heavy atom. The lowest BCUT2D eigenvalue weighted by atomic mass is 10.1. The van der Waals surface area contributed by atoms with Crippen LogP contribution in [0.25, 0.3) is 27.0 Å². The molecule has 0 aliphatic carbocycles. The van der Waals surface area contributed by atoms with Gasteiger partial charge in [0.25, 0.3) is 5.56 Å². The van der Waals surface area contributed by atoms with Crippen molar-refractivity contribution in [2.24, 2.45) is 0 Å². The number of aromatic carboxylic acids is 1. The molecule has 112 valence electrons. The predicted molar refractivity (Wildman–Crippen MR) is 89.2 cm³/mol. The van der Waals surface area contributed by atoms with Crippen molar-refractivity contribution in [3.8, 4) is 10.4 Å². The van der Waals surface area contributed by atoms with Crippen LogP contribution in [-0.4, -0.2) is 20.5 Å². The second kappa shape index (κ2) is 5.03. The molecule has 0 spiro atoms. The number of nitrogens with zero attached hydrogens (tertiary/aromatic N) is 2. The van der Waals surface area contributed by atoms with Gasteiger partial charge in [-0.05, 0) is 41.3 Å². The second-order valence-corrected chi connectivity index (χ2v) is 5.99. The minimum atomic E-state index is -1.11. The number of aromatic nitrogens is 2. The first-order valence-corrected chi connectivity index (χ1v) is 7.75. The quantitative estimate of drug-likeness (QED) is 0.575. The normalized spacial score (nSPS) is 11.1. The lowest BCUT2D eigenvalue weighted by Gasteiger charge is -2.06. The molecule has 0 saturated heterocycles. The molecule has 3 aromatic heterocycles.